The summed E-state index contributed by atoms with van der Waals surface area (Å²) in [6, 6.07) is 5.59. The van der Waals surface area contributed by atoms with Crippen molar-refractivity contribution in [3.8, 4) is 0 Å². The van der Waals surface area contributed by atoms with Gasteiger partial charge < -0.3 is 10.3 Å². The predicted octanol–water partition coefficient (Wildman–Crippen LogP) is 2.29. The molecular weight excluding hydrogens is 305 g/mol. The minimum absolute atomic E-state index is 0.00765. The van der Waals surface area contributed by atoms with E-state index in [0.29, 0.717) is 10.7 Å². The summed E-state index contributed by atoms with van der Waals surface area (Å²) in [6.45, 7) is 0. The summed E-state index contributed by atoms with van der Waals surface area (Å²) in [4.78, 5) is 28.6. The second-order valence-corrected chi connectivity index (χ2v) is 5.13. The van der Waals surface area contributed by atoms with Crippen LogP contribution >= 0.6 is 23.4 Å². The fraction of sp³-hybridized carbons (Fsp3) is 0.0833. The Morgan fingerprint density at radius 2 is 2.25 bits per heavy atom. The molecule has 0 bridgehead atoms. The molecule has 1 aromatic heterocycles. The lowest BCUT2D eigenvalue weighted by atomic mass is 10.3. The van der Waals surface area contributed by atoms with E-state index in [9.17, 15) is 14.0 Å². The summed E-state index contributed by atoms with van der Waals surface area (Å²) in [7, 11) is 0. The number of thioether (sulfide) groups is 1. The number of aromatic nitrogens is 2. The highest BCUT2D eigenvalue weighted by molar-refractivity contribution is 7.99. The van der Waals surface area contributed by atoms with Crippen LogP contribution in [0.15, 0.2) is 40.3 Å². The van der Waals surface area contributed by atoms with E-state index in [-0.39, 0.29) is 16.7 Å². The highest BCUT2D eigenvalue weighted by Crippen LogP contribution is 2.19. The maximum Gasteiger partial charge on any atom is 0.345 e. The molecule has 8 heteroatoms. The SMILES string of the molecule is O=C(CSc1ccnc(=O)[nH]1)Nc1ccc(Cl)c(F)c1. The van der Waals surface area contributed by atoms with E-state index in [2.05, 4.69) is 15.3 Å². The molecule has 0 radical (unpaired) electrons. The average Bonchev–Trinajstić information content (AvgIpc) is 2.41. The first-order chi connectivity index (χ1) is 9.54. The van der Waals surface area contributed by atoms with E-state index >= 15 is 0 Å². The number of benzene rings is 1. The highest BCUT2D eigenvalue weighted by Gasteiger charge is 2.06. The molecule has 104 valence electrons. The molecule has 0 aliphatic heterocycles. The zero-order valence-corrected chi connectivity index (χ0v) is 11.6. The van der Waals surface area contributed by atoms with E-state index in [1.165, 1.54) is 18.3 Å². The Balaban J connectivity index is 1.92. The van der Waals surface area contributed by atoms with Crippen LogP contribution in [0.2, 0.25) is 5.02 Å². The van der Waals surface area contributed by atoms with E-state index < -0.39 is 11.5 Å². The second-order valence-electron chi connectivity index (χ2n) is 3.70. The zero-order valence-electron chi connectivity index (χ0n) is 10.0. The lowest BCUT2D eigenvalue weighted by molar-refractivity contribution is -0.113. The van der Waals surface area contributed by atoms with Gasteiger partial charge in [0.2, 0.25) is 5.91 Å². The summed E-state index contributed by atoms with van der Waals surface area (Å²) in [5.74, 6) is -0.852. The quantitative estimate of drug-likeness (QED) is 0.671. The minimum Gasteiger partial charge on any atom is -0.325 e. The third-order valence-electron chi connectivity index (χ3n) is 2.21. The third kappa shape index (κ3) is 4.07. The Labute approximate surface area is 122 Å². The summed E-state index contributed by atoms with van der Waals surface area (Å²) in [5.41, 5.74) is -0.157. The molecule has 1 aromatic carbocycles. The lowest BCUT2D eigenvalue weighted by Crippen LogP contribution is -2.15. The molecule has 0 saturated heterocycles. The fourth-order valence-corrected chi connectivity index (χ4v) is 2.14. The number of carbonyl (C=O) groups excluding carboxylic acids is 1. The van der Waals surface area contributed by atoms with Gasteiger partial charge in [-0.1, -0.05) is 23.4 Å². The summed E-state index contributed by atoms with van der Waals surface area (Å²) >= 11 is 6.68. The summed E-state index contributed by atoms with van der Waals surface area (Å²) in [6.07, 6.45) is 1.35. The van der Waals surface area contributed by atoms with Crippen molar-refractivity contribution in [2.75, 3.05) is 11.1 Å². The molecule has 5 nitrogen and oxygen atoms in total. The Bertz CT molecular complexity index is 692. The topological polar surface area (TPSA) is 74.8 Å². The van der Waals surface area contributed by atoms with Crippen molar-refractivity contribution in [3.63, 3.8) is 0 Å². The number of halogens is 2. The molecule has 0 fully saturated rings. The van der Waals surface area contributed by atoms with Gasteiger partial charge in [-0.25, -0.2) is 14.2 Å². The molecule has 2 rings (SSSR count). The predicted molar refractivity (Wildman–Crippen MR) is 75.6 cm³/mol. The van der Waals surface area contributed by atoms with Crippen molar-refractivity contribution in [2.45, 2.75) is 5.03 Å². The number of H-pyrrole nitrogens is 1. The first-order valence-corrected chi connectivity index (χ1v) is 6.84. The van der Waals surface area contributed by atoms with Crippen LogP contribution in [0.25, 0.3) is 0 Å². The molecular formula is C12H9ClFN3O2S. The molecule has 0 saturated carbocycles. The van der Waals surface area contributed by atoms with Crippen molar-refractivity contribution in [1.29, 1.82) is 0 Å². The van der Waals surface area contributed by atoms with Gasteiger partial charge in [0, 0.05) is 11.9 Å². The van der Waals surface area contributed by atoms with Gasteiger partial charge in [-0.15, -0.1) is 0 Å². The standard InChI is InChI=1S/C12H9ClFN3O2S/c13-8-2-1-7(5-9(8)14)16-10(18)6-20-11-3-4-15-12(19)17-11/h1-5H,6H2,(H,16,18)(H,15,17,19). The van der Waals surface area contributed by atoms with E-state index in [1.807, 2.05) is 0 Å². The Morgan fingerprint density at radius 3 is 2.95 bits per heavy atom. The Morgan fingerprint density at radius 1 is 1.45 bits per heavy atom. The van der Waals surface area contributed by atoms with Crippen LogP contribution in [0, 0.1) is 5.82 Å². The van der Waals surface area contributed by atoms with E-state index in [0.717, 1.165) is 17.8 Å². The van der Waals surface area contributed by atoms with Crippen molar-refractivity contribution in [3.05, 3.63) is 51.8 Å². The number of aromatic amines is 1. The minimum atomic E-state index is -0.601. The van der Waals surface area contributed by atoms with Gasteiger partial charge >= 0.3 is 5.69 Å². The normalized spacial score (nSPS) is 10.3. The molecule has 0 unspecified atom stereocenters. The summed E-state index contributed by atoms with van der Waals surface area (Å²) in [5, 5.41) is 3.05. The maximum absolute atomic E-state index is 13.2. The lowest BCUT2D eigenvalue weighted by Gasteiger charge is -2.05. The molecule has 0 atom stereocenters. The van der Waals surface area contributed by atoms with Gasteiger partial charge in [-0.2, -0.15) is 0 Å². The van der Waals surface area contributed by atoms with Gasteiger partial charge in [0.05, 0.1) is 15.8 Å². The molecule has 0 aliphatic rings. The van der Waals surface area contributed by atoms with Crippen molar-refractivity contribution >= 4 is 35.0 Å². The molecule has 0 aliphatic carbocycles. The first-order valence-electron chi connectivity index (χ1n) is 5.47. The van der Waals surface area contributed by atoms with Crippen molar-refractivity contribution in [2.24, 2.45) is 0 Å². The van der Waals surface area contributed by atoms with Crippen LogP contribution in [0.1, 0.15) is 0 Å². The molecule has 1 amide bonds. The van der Waals surface area contributed by atoms with Gasteiger partial charge in [0.1, 0.15) is 5.82 Å². The molecule has 2 aromatic rings. The van der Waals surface area contributed by atoms with Crippen LogP contribution in [-0.4, -0.2) is 21.6 Å². The second kappa shape index (κ2) is 6.53. The van der Waals surface area contributed by atoms with Gasteiger partial charge in [0.25, 0.3) is 0 Å². The number of anilines is 1. The molecule has 1 heterocycles. The number of hydrogen-bond donors (Lipinski definition) is 2. The Hall–Kier alpha value is -1.86. The third-order valence-corrected chi connectivity index (χ3v) is 3.47. The number of nitrogens with zero attached hydrogens (tertiary/aromatic N) is 1. The monoisotopic (exact) mass is 313 g/mol. The van der Waals surface area contributed by atoms with Crippen LogP contribution < -0.4 is 11.0 Å². The number of hydrogen-bond acceptors (Lipinski definition) is 4. The van der Waals surface area contributed by atoms with Gasteiger partial charge in [0.15, 0.2) is 0 Å². The van der Waals surface area contributed by atoms with Gasteiger partial charge in [-0.3, -0.25) is 4.79 Å². The Kier molecular flexibility index (Phi) is 4.75. The summed E-state index contributed by atoms with van der Waals surface area (Å²) < 4.78 is 13.2. The molecule has 0 spiro atoms. The highest BCUT2D eigenvalue weighted by atomic mass is 35.5. The van der Waals surface area contributed by atoms with Crippen molar-refractivity contribution < 1.29 is 9.18 Å². The van der Waals surface area contributed by atoms with Crippen LogP contribution in [0.4, 0.5) is 10.1 Å². The van der Waals surface area contributed by atoms with Crippen molar-refractivity contribution in [1.82, 2.24) is 9.97 Å². The van der Waals surface area contributed by atoms with E-state index in [1.54, 1.807) is 6.07 Å². The maximum atomic E-state index is 13.2. The molecule has 2 N–H and O–H groups in total. The van der Waals surface area contributed by atoms with Crippen LogP contribution in [0.5, 0.6) is 0 Å². The number of rotatable bonds is 4. The average molecular weight is 314 g/mol. The van der Waals surface area contributed by atoms with Crippen LogP contribution in [0.3, 0.4) is 0 Å². The zero-order chi connectivity index (χ0) is 14.5. The number of nitrogens with one attached hydrogen (secondary N) is 2. The number of amides is 1. The van der Waals surface area contributed by atoms with Gasteiger partial charge in [-0.05, 0) is 24.3 Å². The smallest absolute Gasteiger partial charge is 0.325 e. The largest absolute Gasteiger partial charge is 0.345 e. The number of carbonyl (C=O) groups is 1. The molecule has 20 heavy (non-hydrogen) atoms. The van der Waals surface area contributed by atoms with Crippen LogP contribution in [-0.2, 0) is 4.79 Å². The van der Waals surface area contributed by atoms with E-state index in [4.69, 9.17) is 11.6 Å². The fourth-order valence-electron chi connectivity index (χ4n) is 1.35. The first kappa shape index (κ1) is 14.5.